The van der Waals surface area contributed by atoms with E-state index in [1.54, 1.807) is 0 Å². The summed E-state index contributed by atoms with van der Waals surface area (Å²) in [5.41, 5.74) is -0.00479. The Hall–Kier alpha value is -1.66. The number of aliphatic hydroxyl groups excluding tert-OH is 1. The number of nitro groups is 1. The number of carbonyl (C=O) groups is 1. The predicted octanol–water partition coefficient (Wildman–Crippen LogP) is 1.75. The van der Waals surface area contributed by atoms with Crippen molar-refractivity contribution in [2.45, 2.75) is 18.9 Å². The Balaban J connectivity index is 2.00. The first-order valence-corrected chi connectivity index (χ1v) is 6.27. The molecule has 1 aromatic carbocycles. The maximum Gasteiger partial charge on any atom is 0.270 e. The van der Waals surface area contributed by atoms with E-state index in [1.165, 1.54) is 12.1 Å². The molecule has 0 saturated heterocycles. The molecule has 0 spiro atoms. The van der Waals surface area contributed by atoms with Crippen molar-refractivity contribution in [3.05, 3.63) is 38.9 Å². The van der Waals surface area contributed by atoms with Crippen LogP contribution in [0, 0.1) is 16.0 Å². The van der Waals surface area contributed by atoms with E-state index >= 15 is 0 Å². The molecular formula is C12H13ClN2O4. The molecule has 0 heterocycles. The van der Waals surface area contributed by atoms with Crippen LogP contribution in [0.1, 0.15) is 23.2 Å². The highest BCUT2D eigenvalue weighted by atomic mass is 35.5. The van der Waals surface area contributed by atoms with E-state index in [1.807, 2.05) is 0 Å². The van der Waals surface area contributed by atoms with Gasteiger partial charge >= 0.3 is 0 Å². The summed E-state index contributed by atoms with van der Waals surface area (Å²) < 4.78 is 0. The van der Waals surface area contributed by atoms with Crippen molar-refractivity contribution in [2.75, 3.05) is 6.54 Å². The Kier molecular flexibility index (Phi) is 4.01. The van der Waals surface area contributed by atoms with E-state index in [4.69, 9.17) is 11.6 Å². The SMILES string of the molecule is O=C(NCC(O)C1CC1)c1ccc([N+](=O)[O-])cc1Cl. The number of non-ortho nitro benzene ring substituents is 1. The smallest absolute Gasteiger partial charge is 0.270 e. The summed E-state index contributed by atoms with van der Waals surface area (Å²) in [5, 5.41) is 22.8. The van der Waals surface area contributed by atoms with Crippen LogP contribution in [0.25, 0.3) is 0 Å². The first-order chi connectivity index (χ1) is 8.99. The Bertz CT molecular complexity index is 516. The molecule has 2 N–H and O–H groups in total. The Morgan fingerprint density at radius 2 is 2.26 bits per heavy atom. The van der Waals surface area contributed by atoms with Crippen molar-refractivity contribution in [1.82, 2.24) is 5.32 Å². The number of hydrogen-bond acceptors (Lipinski definition) is 4. The second-order valence-electron chi connectivity index (χ2n) is 4.54. The molecule has 1 amide bonds. The number of carbonyl (C=O) groups excluding carboxylic acids is 1. The fraction of sp³-hybridized carbons (Fsp3) is 0.417. The molecule has 1 unspecified atom stereocenters. The summed E-state index contributed by atoms with van der Waals surface area (Å²) >= 11 is 5.83. The van der Waals surface area contributed by atoms with Crippen LogP contribution in [0.5, 0.6) is 0 Å². The standard InChI is InChI=1S/C12H13ClN2O4/c13-10-5-8(15(18)19)3-4-9(10)12(17)14-6-11(16)7-1-2-7/h3-5,7,11,16H,1-2,6H2,(H,14,17). The number of halogens is 1. The van der Waals surface area contributed by atoms with Crippen LogP contribution in [0.2, 0.25) is 5.02 Å². The predicted molar refractivity (Wildman–Crippen MR) is 69.2 cm³/mol. The van der Waals surface area contributed by atoms with Gasteiger partial charge in [0.2, 0.25) is 0 Å². The third-order valence-corrected chi connectivity index (χ3v) is 3.36. The van der Waals surface area contributed by atoms with E-state index in [0.717, 1.165) is 18.9 Å². The van der Waals surface area contributed by atoms with Gasteiger partial charge in [-0.2, -0.15) is 0 Å². The molecule has 7 heteroatoms. The Morgan fingerprint density at radius 1 is 1.58 bits per heavy atom. The molecule has 1 saturated carbocycles. The summed E-state index contributed by atoms with van der Waals surface area (Å²) in [4.78, 5) is 21.8. The molecule has 0 bridgehead atoms. The Labute approximate surface area is 114 Å². The largest absolute Gasteiger partial charge is 0.391 e. The lowest BCUT2D eigenvalue weighted by Crippen LogP contribution is -2.33. The number of hydrogen-bond donors (Lipinski definition) is 2. The van der Waals surface area contributed by atoms with Crippen LogP contribution in [0.3, 0.4) is 0 Å². The third-order valence-electron chi connectivity index (χ3n) is 3.05. The molecule has 1 aliphatic rings. The summed E-state index contributed by atoms with van der Waals surface area (Å²) in [6.07, 6.45) is 1.42. The third kappa shape index (κ3) is 3.42. The highest BCUT2D eigenvalue weighted by molar-refractivity contribution is 6.34. The van der Waals surface area contributed by atoms with E-state index in [2.05, 4.69) is 5.32 Å². The maximum atomic E-state index is 11.8. The van der Waals surface area contributed by atoms with Gasteiger partial charge in [-0.3, -0.25) is 14.9 Å². The average Bonchev–Trinajstić information content (AvgIpc) is 3.19. The molecule has 1 atom stereocenters. The normalized spacial score (nSPS) is 15.9. The first kappa shape index (κ1) is 13.8. The molecule has 0 radical (unpaired) electrons. The van der Waals surface area contributed by atoms with Crippen molar-refractivity contribution in [3.8, 4) is 0 Å². The first-order valence-electron chi connectivity index (χ1n) is 5.89. The summed E-state index contributed by atoms with van der Waals surface area (Å²) in [7, 11) is 0. The number of nitrogens with zero attached hydrogens (tertiary/aromatic N) is 1. The summed E-state index contributed by atoms with van der Waals surface area (Å²) in [6, 6.07) is 3.66. The van der Waals surface area contributed by atoms with Gasteiger partial charge in [0.1, 0.15) is 0 Å². The minimum atomic E-state index is -0.579. The quantitative estimate of drug-likeness (QED) is 0.636. The monoisotopic (exact) mass is 284 g/mol. The molecule has 2 rings (SSSR count). The van der Waals surface area contributed by atoms with Crippen LogP contribution in [-0.2, 0) is 0 Å². The second-order valence-corrected chi connectivity index (χ2v) is 4.94. The fourth-order valence-electron chi connectivity index (χ4n) is 1.74. The molecule has 1 aromatic rings. The van der Waals surface area contributed by atoms with Crippen LogP contribution in [0.15, 0.2) is 18.2 Å². The zero-order valence-electron chi connectivity index (χ0n) is 10.0. The second kappa shape index (κ2) is 5.54. The topological polar surface area (TPSA) is 92.5 Å². The van der Waals surface area contributed by atoms with Gasteiger partial charge in [-0.15, -0.1) is 0 Å². The van der Waals surface area contributed by atoms with Gasteiger partial charge in [0.25, 0.3) is 11.6 Å². The molecule has 19 heavy (non-hydrogen) atoms. The molecule has 102 valence electrons. The lowest BCUT2D eigenvalue weighted by molar-refractivity contribution is -0.384. The number of nitro benzene ring substituents is 1. The molecule has 1 aliphatic carbocycles. The highest BCUT2D eigenvalue weighted by Crippen LogP contribution is 2.32. The molecular weight excluding hydrogens is 272 g/mol. The lowest BCUT2D eigenvalue weighted by Gasteiger charge is -2.11. The molecule has 0 aliphatic heterocycles. The number of aliphatic hydroxyl groups is 1. The zero-order chi connectivity index (χ0) is 14.0. The molecule has 1 fully saturated rings. The van der Waals surface area contributed by atoms with Crippen molar-refractivity contribution in [1.29, 1.82) is 0 Å². The van der Waals surface area contributed by atoms with Crippen molar-refractivity contribution in [2.24, 2.45) is 5.92 Å². The fourth-order valence-corrected chi connectivity index (χ4v) is 2.00. The molecule has 6 nitrogen and oxygen atoms in total. The number of amides is 1. The van der Waals surface area contributed by atoms with Gasteiger partial charge in [-0.1, -0.05) is 11.6 Å². The van der Waals surface area contributed by atoms with Crippen molar-refractivity contribution >= 4 is 23.2 Å². The van der Waals surface area contributed by atoms with Gasteiger partial charge in [0.15, 0.2) is 0 Å². The van der Waals surface area contributed by atoms with E-state index in [9.17, 15) is 20.0 Å². The van der Waals surface area contributed by atoms with E-state index in [0.29, 0.717) is 0 Å². The van der Waals surface area contributed by atoms with Crippen LogP contribution < -0.4 is 5.32 Å². The molecule has 0 aromatic heterocycles. The Morgan fingerprint density at radius 3 is 2.79 bits per heavy atom. The summed E-state index contributed by atoms with van der Waals surface area (Å²) in [5.74, 6) is -0.174. The van der Waals surface area contributed by atoms with Gasteiger partial charge in [-0.25, -0.2) is 0 Å². The zero-order valence-corrected chi connectivity index (χ0v) is 10.8. The number of nitrogens with one attached hydrogen (secondary N) is 1. The van der Waals surface area contributed by atoms with Crippen molar-refractivity contribution < 1.29 is 14.8 Å². The van der Waals surface area contributed by atoms with E-state index < -0.39 is 16.9 Å². The minimum Gasteiger partial charge on any atom is -0.391 e. The van der Waals surface area contributed by atoms with Gasteiger partial charge < -0.3 is 10.4 Å². The highest BCUT2D eigenvalue weighted by Gasteiger charge is 2.29. The van der Waals surface area contributed by atoms with Crippen LogP contribution >= 0.6 is 11.6 Å². The maximum absolute atomic E-state index is 11.8. The average molecular weight is 285 g/mol. The van der Waals surface area contributed by atoms with Gasteiger partial charge in [0, 0.05) is 18.7 Å². The van der Waals surface area contributed by atoms with Gasteiger partial charge in [-0.05, 0) is 24.8 Å². The van der Waals surface area contributed by atoms with Crippen molar-refractivity contribution in [3.63, 3.8) is 0 Å². The number of rotatable bonds is 5. The van der Waals surface area contributed by atoms with Crippen LogP contribution in [-0.4, -0.2) is 28.6 Å². The lowest BCUT2D eigenvalue weighted by atomic mass is 10.2. The van der Waals surface area contributed by atoms with Crippen LogP contribution in [0.4, 0.5) is 5.69 Å². The van der Waals surface area contributed by atoms with E-state index in [-0.39, 0.29) is 28.7 Å². The summed E-state index contributed by atoms with van der Waals surface area (Å²) in [6.45, 7) is 0.164. The van der Waals surface area contributed by atoms with Gasteiger partial charge in [0.05, 0.1) is 21.6 Å². The number of benzene rings is 1. The minimum absolute atomic E-state index is 0.0209.